The molecule has 2 rings (SSSR count). The van der Waals surface area contributed by atoms with Crippen LogP contribution in [0.2, 0.25) is 0 Å². The van der Waals surface area contributed by atoms with Crippen LogP contribution in [0.4, 0.5) is 22.0 Å². The summed E-state index contributed by atoms with van der Waals surface area (Å²) < 4.78 is 64.8. The summed E-state index contributed by atoms with van der Waals surface area (Å²) in [7, 11) is 0. The van der Waals surface area contributed by atoms with Crippen LogP contribution in [0.25, 0.3) is 0 Å². The van der Waals surface area contributed by atoms with E-state index in [1.165, 1.54) is 0 Å². The number of carbonyl (C=O) groups excluding carboxylic acids is 1. The topological polar surface area (TPSA) is 20.3 Å². The van der Waals surface area contributed by atoms with Crippen molar-refractivity contribution >= 4 is 21.8 Å². The molecule has 0 N–H and O–H groups in total. The van der Waals surface area contributed by atoms with Gasteiger partial charge in [0.15, 0.2) is 0 Å². The van der Waals surface area contributed by atoms with Gasteiger partial charge < -0.3 is 4.90 Å². The summed E-state index contributed by atoms with van der Waals surface area (Å²) in [5.41, 5.74) is -0.439. The minimum absolute atomic E-state index is 0.0527. The Morgan fingerprint density at radius 3 is 2.52 bits per heavy atom. The van der Waals surface area contributed by atoms with Gasteiger partial charge in [0, 0.05) is 19.2 Å². The quantitative estimate of drug-likeness (QED) is 0.536. The number of carbonyl (C=O) groups is 1. The van der Waals surface area contributed by atoms with Gasteiger partial charge in [0.1, 0.15) is 11.6 Å². The molecule has 0 bridgehead atoms. The van der Waals surface area contributed by atoms with Gasteiger partial charge in [0.25, 0.3) is 5.91 Å². The van der Waals surface area contributed by atoms with E-state index in [9.17, 15) is 26.7 Å². The van der Waals surface area contributed by atoms with Gasteiger partial charge in [-0.25, -0.2) is 8.78 Å². The van der Waals surface area contributed by atoms with Crippen LogP contribution in [0.5, 0.6) is 0 Å². The molecule has 1 aromatic carbocycles. The minimum atomic E-state index is -4.39. The molecule has 1 atom stereocenters. The molecular weight excluding hydrogens is 361 g/mol. The predicted molar refractivity (Wildman–Crippen MR) is 68.7 cm³/mol. The first kappa shape index (κ1) is 16.2. The molecule has 21 heavy (non-hydrogen) atoms. The molecule has 0 radical (unpaired) electrons. The lowest BCUT2D eigenvalue weighted by Crippen LogP contribution is -2.44. The van der Waals surface area contributed by atoms with Gasteiger partial charge in [-0.15, -0.1) is 0 Å². The summed E-state index contributed by atoms with van der Waals surface area (Å²) in [5, 5.41) is 0. The van der Waals surface area contributed by atoms with Crippen LogP contribution in [-0.4, -0.2) is 30.1 Å². The molecule has 1 fully saturated rings. The zero-order valence-corrected chi connectivity index (χ0v) is 12.3. The Labute approximate surface area is 126 Å². The second kappa shape index (κ2) is 5.90. The Kier molecular flexibility index (Phi) is 4.55. The highest BCUT2D eigenvalue weighted by molar-refractivity contribution is 9.10. The maximum atomic E-state index is 13.6. The zero-order valence-electron chi connectivity index (χ0n) is 10.7. The standard InChI is InChI=1S/C13H11BrF5NO/c14-9-4-8(10(15)5-11(9)16)12(21)20-3-1-2-7(6-20)13(17,18)19/h4-5,7H,1-3,6H2. The number of alkyl halides is 3. The van der Waals surface area contributed by atoms with E-state index in [1.54, 1.807) is 0 Å². The number of rotatable bonds is 1. The molecule has 2 nitrogen and oxygen atoms in total. The van der Waals surface area contributed by atoms with Crippen molar-refractivity contribution in [2.24, 2.45) is 5.92 Å². The van der Waals surface area contributed by atoms with Crippen LogP contribution in [0, 0.1) is 17.6 Å². The third-order valence-corrected chi connectivity index (χ3v) is 4.02. The average molecular weight is 372 g/mol. The number of hydrogen-bond donors (Lipinski definition) is 0. The molecule has 0 aromatic heterocycles. The molecule has 1 aromatic rings. The third kappa shape index (κ3) is 3.53. The van der Waals surface area contributed by atoms with Crippen LogP contribution in [0.1, 0.15) is 23.2 Å². The van der Waals surface area contributed by atoms with Crippen molar-refractivity contribution < 1.29 is 26.7 Å². The SMILES string of the molecule is O=C(c1cc(Br)c(F)cc1F)N1CCCC(C(F)(F)F)C1. The summed E-state index contributed by atoms with van der Waals surface area (Å²) in [5.74, 6) is -4.44. The number of hydrogen-bond acceptors (Lipinski definition) is 1. The molecule has 1 amide bonds. The Morgan fingerprint density at radius 2 is 1.90 bits per heavy atom. The van der Waals surface area contributed by atoms with Crippen LogP contribution >= 0.6 is 15.9 Å². The molecule has 0 spiro atoms. The fourth-order valence-electron chi connectivity index (χ4n) is 2.29. The highest BCUT2D eigenvalue weighted by atomic mass is 79.9. The lowest BCUT2D eigenvalue weighted by molar-refractivity contribution is -0.184. The second-order valence-corrected chi connectivity index (χ2v) is 5.73. The van der Waals surface area contributed by atoms with Gasteiger partial charge >= 0.3 is 6.18 Å². The number of likely N-dealkylation sites (tertiary alicyclic amines) is 1. The second-order valence-electron chi connectivity index (χ2n) is 4.88. The molecule has 116 valence electrons. The minimum Gasteiger partial charge on any atom is -0.338 e. The van der Waals surface area contributed by atoms with E-state index in [4.69, 9.17) is 0 Å². The van der Waals surface area contributed by atoms with E-state index in [1.807, 2.05) is 0 Å². The number of benzene rings is 1. The molecule has 1 aliphatic heterocycles. The van der Waals surface area contributed by atoms with E-state index in [-0.39, 0.29) is 23.9 Å². The van der Waals surface area contributed by atoms with Gasteiger partial charge in [-0.05, 0) is 34.8 Å². The molecule has 8 heteroatoms. The largest absolute Gasteiger partial charge is 0.393 e. The molecule has 1 saturated heterocycles. The zero-order chi connectivity index (χ0) is 15.8. The van der Waals surface area contributed by atoms with Gasteiger partial charge in [0.2, 0.25) is 0 Å². The van der Waals surface area contributed by atoms with Gasteiger partial charge in [-0.1, -0.05) is 0 Å². The maximum absolute atomic E-state index is 13.6. The third-order valence-electron chi connectivity index (χ3n) is 3.41. The Bertz CT molecular complexity index is 560. The van der Waals surface area contributed by atoms with E-state index < -0.39 is 41.7 Å². The summed E-state index contributed by atoms with van der Waals surface area (Å²) in [4.78, 5) is 13.1. The molecule has 0 saturated carbocycles. The van der Waals surface area contributed by atoms with Gasteiger partial charge in [0.05, 0.1) is 16.0 Å². The summed E-state index contributed by atoms with van der Waals surface area (Å²) in [6.45, 7) is -0.378. The number of amides is 1. The number of halogens is 6. The highest BCUT2D eigenvalue weighted by Crippen LogP contribution is 2.34. The molecule has 1 unspecified atom stereocenters. The van der Waals surface area contributed by atoms with Crippen molar-refractivity contribution in [1.29, 1.82) is 0 Å². The smallest absolute Gasteiger partial charge is 0.338 e. The summed E-state index contributed by atoms with van der Waals surface area (Å²) >= 11 is 2.82. The fraction of sp³-hybridized carbons (Fsp3) is 0.462. The molecule has 1 heterocycles. The fourth-order valence-corrected chi connectivity index (χ4v) is 2.63. The van der Waals surface area contributed by atoms with E-state index in [2.05, 4.69) is 15.9 Å². The van der Waals surface area contributed by atoms with Crippen LogP contribution < -0.4 is 0 Å². The Hall–Kier alpha value is -1.18. The summed E-state index contributed by atoms with van der Waals surface area (Å²) in [6, 6.07) is 1.48. The average Bonchev–Trinajstić information content (AvgIpc) is 2.41. The van der Waals surface area contributed by atoms with E-state index in [0.717, 1.165) is 11.0 Å². The van der Waals surface area contributed by atoms with Crippen molar-refractivity contribution in [3.63, 3.8) is 0 Å². The van der Waals surface area contributed by atoms with Crippen molar-refractivity contribution in [3.05, 3.63) is 33.8 Å². The lowest BCUT2D eigenvalue weighted by atomic mass is 9.97. The van der Waals surface area contributed by atoms with Crippen molar-refractivity contribution in [2.75, 3.05) is 13.1 Å². The van der Waals surface area contributed by atoms with Gasteiger partial charge in [-0.3, -0.25) is 4.79 Å². The first-order chi connectivity index (χ1) is 9.70. The molecular formula is C13H11BrF5NO. The first-order valence-corrected chi connectivity index (χ1v) is 7.00. The first-order valence-electron chi connectivity index (χ1n) is 6.20. The number of nitrogens with zero attached hydrogens (tertiary/aromatic N) is 1. The highest BCUT2D eigenvalue weighted by Gasteiger charge is 2.43. The Morgan fingerprint density at radius 1 is 1.24 bits per heavy atom. The van der Waals surface area contributed by atoms with Crippen LogP contribution in [0.15, 0.2) is 16.6 Å². The van der Waals surface area contributed by atoms with E-state index >= 15 is 0 Å². The van der Waals surface area contributed by atoms with Crippen molar-refractivity contribution in [1.82, 2.24) is 4.90 Å². The Balaban J connectivity index is 2.22. The summed E-state index contributed by atoms with van der Waals surface area (Å²) in [6.07, 6.45) is -4.25. The van der Waals surface area contributed by atoms with Crippen LogP contribution in [-0.2, 0) is 0 Å². The molecule has 1 aliphatic rings. The monoisotopic (exact) mass is 371 g/mol. The normalized spacial score (nSPS) is 19.7. The van der Waals surface area contributed by atoms with Crippen molar-refractivity contribution in [3.8, 4) is 0 Å². The van der Waals surface area contributed by atoms with Crippen LogP contribution in [0.3, 0.4) is 0 Å². The lowest BCUT2D eigenvalue weighted by Gasteiger charge is -2.33. The molecule has 0 aliphatic carbocycles. The maximum Gasteiger partial charge on any atom is 0.393 e. The predicted octanol–water partition coefficient (Wildman–Crippen LogP) is 4.14. The number of piperidine rings is 1. The van der Waals surface area contributed by atoms with Gasteiger partial charge in [-0.2, -0.15) is 13.2 Å². The van der Waals surface area contributed by atoms with Crippen molar-refractivity contribution in [2.45, 2.75) is 19.0 Å². The van der Waals surface area contributed by atoms with E-state index in [0.29, 0.717) is 6.07 Å².